The predicted molar refractivity (Wildman–Crippen MR) is 47.9 cm³/mol. The number of nitrogens with zero attached hydrogens (tertiary/aromatic N) is 1. The van der Waals surface area contributed by atoms with Crippen molar-refractivity contribution in [3.05, 3.63) is 24.5 Å². The van der Waals surface area contributed by atoms with Gasteiger partial charge in [-0.1, -0.05) is 0 Å². The van der Waals surface area contributed by atoms with Crippen molar-refractivity contribution in [3.63, 3.8) is 0 Å². The zero-order chi connectivity index (χ0) is 7.68. The van der Waals surface area contributed by atoms with Crippen LogP contribution in [0.25, 0.3) is 10.9 Å². The van der Waals surface area contributed by atoms with E-state index in [-0.39, 0.29) is 0 Å². The highest BCUT2D eigenvalue weighted by Crippen LogP contribution is 2.17. The van der Waals surface area contributed by atoms with Crippen molar-refractivity contribution in [1.29, 1.82) is 0 Å². The fraction of sp³-hybridized carbons (Fsp3) is 0.125. The standard InChI is InChI=1S/C8H8N2S/c1-11-8-4-7-6(5-10-8)2-3-9-7/h2-5,9H,1H3. The molecule has 0 saturated heterocycles. The van der Waals surface area contributed by atoms with Gasteiger partial charge < -0.3 is 4.98 Å². The van der Waals surface area contributed by atoms with Crippen molar-refractivity contribution >= 4 is 22.7 Å². The summed E-state index contributed by atoms with van der Waals surface area (Å²) >= 11 is 1.66. The second-order valence-electron chi connectivity index (χ2n) is 2.29. The van der Waals surface area contributed by atoms with Gasteiger partial charge in [0.05, 0.1) is 5.03 Å². The third kappa shape index (κ3) is 1.12. The Morgan fingerprint density at radius 2 is 2.45 bits per heavy atom. The van der Waals surface area contributed by atoms with Crippen LogP contribution in [0.5, 0.6) is 0 Å². The number of aromatic amines is 1. The average molecular weight is 164 g/mol. The minimum atomic E-state index is 1.06. The summed E-state index contributed by atoms with van der Waals surface area (Å²) in [6.45, 7) is 0. The minimum Gasteiger partial charge on any atom is -0.361 e. The number of rotatable bonds is 1. The molecule has 0 aliphatic carbocycles. The maximum absolute atomic E-state index is 4.24. The third-order valence-corrected chi connectivity index (χ3v) is 2.26. The van der Waals surface area contributed by atoms with Gasteiger partial charge in [-0.3, -0.25) is 0 Å². The summed E-state index contributed by atoms with van der Waals surface area (Å²) in [5.41, 5.74) is 1.16. The summed E-state index contributed by atoms with van der Waals surface area (Å²) in [6, 6.07) is 4.08. The first-order chi connectivity index (χ1) is 5.40. The lowest BCUT2D eigenvalue weighted by molar-refractivity contribution is 1.16. The molecule has 3 heteroatoms. The topological polar surface area (TPSA) is 28.7 Å². The molecule has 0 aliphatic heterocycles. The zero-order valence-electron chi connectivity index (χ0n) is 6.16. The first kappa shape index (κ1) is 6.73. The van der Waals surface area contributed by atoms with Gasteiger partial charge in [-0.2, -0.15) is 0 Å². The summed E-state index contributed by atoms with van der Waals surface area (Å²) in [5.74, 6) is 0. The molecule has 2 rings (SSSR count). The van der Waals surface area contributed by atoms with E-state index in [1.54, 1.807) is 11.8 Å². The Labute approximate surface area is 69.0 Å². The molecule has 2 nitrogen and oxygen atoms in total. The highest BCUT2D eigenvalue weighted by molar-refractivity contribution is 7.98. The number of hydrogen-bond acceptors (Lipinski definition) is 2. The van der Waals surface area contributed by atoms with Gasteiger partial charge in [-0.05, 0) is 18.4 Å². The smallest absolute Gasteiger partial charge is 0.0978 e. The molecule has 2 heterocycles. The number of pyridine rings is 1. The molecule has 0 amide bonds. The first-order valence-corrected chi connectivity index (χ1v) is 4.60. The fourth-order valence-corrected chi connectivity index (χ4v) is 1.43. The Morgan fingerprint density at radius 3 is 3.27 bits per heavy atom. The molecule has 0 aromatic carbocycles. The average Bonchev–Trinajstić information content (AvgIpc) is 2.50. The van der Waals surface area contributed by atoms with Gasteiger partial charge in [-0.15, -0.1) is 11.8 Å². The van der Waals surface area contributed by atoms with Crippen LogP contribution in [0.4, 0.5) is 0 Å². The van der Waals surface area contributed by atoms with Crippen molar-refractivity contribution in [1.82, 2.24) is 9.97 Å². The zero-order valence-corrected chi connectivity index (χ0v) is 6.98. The maximum Gasteiger partial charge on any atom is 0.0978 e. The van der Waals surface area contributed by atoms with Gasteiger partial charge in [0.1, 0.15) is 0 Å². The molecule has 0 radical (unpaired) electrons. The Hall–Kier alpha value is -0.960. The number of nitrogens with one attached hydrogen (secondary N) is 1. The summed E-state index contributed by atoms with van der Waals surface area (Å²) in [4.78, 5) is 7.38. The lowest BCUT2D eigenvalue weighted by Gasteiger charge is -1.93. The number of thioether (sulfide) groups is 1. The molecule has 0 saturated carbocycles. The summed E-state index contributed by atoms with van der Waals surface area (Å²) in [6.07, 6.45) is 5.84. The van der Waals surface area contributed by atoms with Crippen LogP contribution in [0, 0.1) is 0 Å². The highest BCUT2D eigenvalue weighted by Gasteiger charge is 1.95. The summed E-state index contributed by atoms with van der Waals surface area (Å²) in [7, 11) is 0. The number of aromatic nitrogens is 2. The van der Waals surface area contributed by atoms with Gasteiger partial charge in [0.25, 0.3) is 0 Å². The van der Waals surface area contributed by atoms with E-state index in [2.05, 4.69) is 16.0 Å². The van der Waals surface area contributed by atoms with Crippen LogP contribution >= 0.6 is 11.8 Å². The molecular weight excluding hydrogens is 156 g/mol. The maximum atomic E-state index is 4.24. The van der Waals surface area contributed by atoms with E-state index in [9.17, 15) is 0 Å². The van der Waals surface area contributed by atoms with Crippen molar-refractivity contribution < 1.29 is 0 Å². The van der Waals surface area contributed by atoms with Crippen molar-refractivity contribution in [2.45, 2.75) is 5.03 Å². The van der Waals surface area contributed by atoms with Crippen LogP contribution in [0.1, 0.15) is 0 Å². The Balaban J connectivity index is 2.67. The molecule has 0 spiro atoms. The molecule has 0 aliphatic rings. The molecule has 11 heavy (non-hydrogen) atoms. The van der Waals surface area contributed by atoms with Gasteiger partial charge in [-0.25, -0.2) is 4.98 Å². The Bertz CT molecular complexity index is 367. The number of H-pyrrole nitrogens is 1. The molecule has 2 aromatic rings. The van der Waals surface area contributed by atoms with E-state index < -0.39 is 0 Å². The fourth-order valence-electron chi connectivity index (χ4n) is 1.04. The normalized spacial score (nSPS) is 10.6. The SMILES string of the molecule is CSc1cc2[nH]ccc2cn1. The third-order valence-electron chi connectivity index (χ3n) is 1.62. The number of fused-ring (bicyclic) bond motifs is 1. The predicted octanol–water partition coefficient (Wildman–Crippen LogP) is 2.28. The van der Waals surface area contributed by atoms with E-state index in [4.69, 9.17) is 0 Å². The van der Waals surface area contributed by atoms with Gasteiger partial charge >= 0.3 is 0 Å². The molecule has 0 fully saturated rings. The van der Waals surface area contributed by atoms with E-state index >= 15 is 0 Å². The Morgan fingerprint density at radius 1 is 1.55 bits per heavy atom. The Kier molecular flexibility index (Phi) is 1.58. The van der Waals surface area contributed by atoms with E-state index in [1.807, 2.05) is 24.7 Å². The minimum absolute atomic E-state index is 1.06. The van der Waals surface area contributed by atoms with Crippen LogP contribution < -0.4 is 0 Å². The second-order valence-corrected chi connectivity index (χ2v) is 3.12. The van der Waals surface area contributed by atoms with Crippen molar-refractivity contribution in [2.75, 3.05) is 6.26 Å². The lowest BCUT2D eigenvalue weighted by atomic mass is 10.3. The molecular formula is C8H8N2S. The monoisotopic (exact) mass is 164 g/mol. The molecule has 0 bridgehead atoms. The van der Waals surface area contributed by atoms with Gasteiger partial charge in [0.15, 0.2) is 0 Å². The second kappa shape index (κ2) is 2.58. The van der Waals surface area contributed by atoms with E-state index in [0.717, 1.165) is 10.5 Å². The number of hydrogen-bond donors (Lipinski definition) is 1. The molecule has 2 aromatic heterocycles. The summed E-state index contributed by atoms with van der Waals surface area (Å²) in [5, 5.41) is 2.22. The lowest BCUT2D eigenvalue weighted by Crippen LogP contribution is -1.76. The van der Waals surface area contributed by atoms with Gasteiger partial charge in [0.2, 0.25) is 0 Å². The molecule has 0 unspecified atom stereocenters. The van der Waals surface area contributed by atoms with Crippen LogP contribution in [0.2, 0.25) is 0 Å². The highest BCUT2D eigenvalue weighted by atomic mass is 32.2. The van der Waals surface area contributed by atoms with Crippen molar-refractivity contribution in [2.24, 2.45) is 0 Å². The van der Waals surface area contributed by atoms with Crippen LogP contribution in [0.3, 0.4) is 0 Å². The van der Waals surface area contributed by atoms with Crippen LogP contribution in [-0.4, -0.2) is 16.2 Å². The summed E-state index contributed by atoms with van der Waals surface area (Å²) < 4.78 is 0. The molecule has 0 atom stereocenters. The molecule has 56 valence electrons. The van der Waals surface area contributed by atoms with E-state index in [0.29, 0.717) is 0 Å². The van der Waals surface area contributed by atoms with E-state index in [1.165, 1.54) is 5.39 Å². The van der Waals surface area contributed by atoms with Crippen LogP contribution in [-0.2, 0) is 0 Å². The quantitative estimate of drug-likeness (QED) is 0.655. The first-order valence-electron chi connectivity index (χ1n) is 3.37. The largest absolute Gasteiger partial charge is 0.361 e. The van der Waals surface area contributed by atoms with Crippen molar-refractivity contribution in [3.8, 4) is 0 Å². The van der Waals surface area contributed by atoms with Gasteiger partial charge in [0, 0.05) is 23.3 Å². The molecule has 1 N–H and O–H groups in total. The van der Waals surface area contributed by atoms with Crippen LogP contribution in [0.15, 0.2) is 29.6 Å².